The average Bonchev–Trinajstić information content (AvgIpc) is 3.11. The minimum atomic E-state index is -0.0294. The van der Waals surface area contributed by atoms with Crippen molar-refractivity contribution >= 4 is 28.8 Å². The molecule has 1 fully saturated rings. The number of benzene rings is 1. The molecule has 1 aliphatic heterocycles. The van der Waals surface area contributed by atoms with E-state index in [1.807, 2.05) is 4.90 Å². The number of nitrogens with zero attached hydrogens (tertiary/aromatic N) is 3. The predicted octanol–water partition coefficient (Wildman–Crippen LogP) is 4.06. The Labute approximate surface area is 169 Å². The molecule has 0 atom stereocenters. The molecule has 2 heterocycles. The topological polar surface area (TPSA) is 45.7 Å². The number of carbonyl (C=O) groups is 1. The highest BCUT2D eigenvalue weighted by molar-refractivity contribution is 7.09. The summed E-state index contributed by atoms with van der Waals surface area (Å²) in [6.45, 7) is 10.4. The average molecular weight is 408 g/mol. The summed E-state index contributed by atoms with van der Waals surface area (Å²) in [6, 6.07) is 5.15. The molecule has 0 saturated carbocycles. The van der Waals surface area contributed by atoms with Crippen LogP contribution in [0.15, 0.2) is 23.6 Å². The molecule has 3 rings (SSSR count). The Hall–Kier alpha value is -1.63. The third kappa shape index (κ3) is 4.81. The highest BCUT2D eigenvalue weighted by Gasteiger charge is 2.25. The van der Waals surface area contributed by atoms with Gasteiger partial charge < -0.3 is 9.64 Å². The van der Waals surface area contributed by atoms with Gasteiger partial charge in [0.25, 0.3) is 5.91 Å². The Bertz CT molecular complexity index is 808. The van der Waals surface area contributed by atoms with Crippen LogP contribution in [0, 0.1) is 0 Å². The summed E-state index contributed by atoms with van der Waals surface area (Å²) in [5.41, 5.74) is 1.74. The Kier molecular flexibility index (Phi) is 6.08. The van der Waals surface area contributed by atoms with Crippen LogP contribution in [0.1, 0.15) is 41.8 Å². The first-order chi connectivity index (χ1) is 12.8. The third-order valence-electron chi connectivity index (χ3n) is 4.73. The van der Waals surface area contributed by atoms with Gasteiger partial charge in [-0.1, -0.05) is 32.4 Å². The summed E-state index contributed by atoms with van der Waals surface area (Å²) < 4.78 is 5.32. The standard InChI is InChI=1S/C20H26ClN3O2S/c1-20(2,3)17-13-27-18(22-17)12-23-7-9-24(10-8-23)19(25)15-11-14(21)5-6-16(15)26-4/h5-6,11,13H,7-10,12H2,1-4H3. The van der Waals surface area contributed by atoms with Crippen LogP contribution in [0.25, 0.3) is 0 Å². The molecule has 1 saturated heterocycles. The molecule has 27 heavy (non-hydrogen) atoms. The first-order valence-electron chi connectivity index (χ1n) is 9.08. The Morgan fingerprint density at radius 1 is 1.26 bits per heavy atom. The Morgan fingerprint density at radius 2 is 1.96 bits per heavy atom. The molecule has 146 valence electrons. The van der Waals surface area contributed by atoms with Crippen LogP contribution in [-0.4, -0.2) is 54.0 Å². The van der Waals surface area contributed by atoms with Crippen molar-refractivity contribution in [2.75, 3.05) is 33.3 Å². The molecule has 1 amide bonds. The number of ether oxygens (including phenoxy) is 1. The fraction of sp³-hybridized carbons (Fsp3) is 0.500. The predicted molar refractivity (Wildman–Crippen MR) is 110 cm³/mol. The van der Waals surface area contributed by atoms with Gasteiger partial charge in [-0.25, -0.2) is 4.98 Å². The lowest BCUT2D eigenvalue weighted by molar-refractivity contribution is 0.0625. The molecule has 1 aliphatic rings. The normalized spacial score (nSPS) is 15.8. The van der Waals surface area contributed by atoms with E-state index in [2.05, 4.69) is 31.1 Å². The van der Waals surface area contributed by atoms with E-state index in [0.717, 1.165) is 30.3 Å². The number of thiazole rings is 1. The van der Waals surface area contributed by atoms with Gasteiger partial charge in [-0.15, -0.1) is 11.3 Å². The van der Waals surface area contributed by atoms with Crippen molar-refractivity contribution in [3.63, 3.8) is 0 Å². The van der Waals surface area contributed by atoms with Crippen molar-refractivity contribution in [2.45, 2.75) is 32.7 Å². The van der Waals surface area contributed by atoms with Gasteiger partial charge in [0.15, 0.2) is 0 Å². The molecule has 0 N–H and O–H groups in total. The second-order valence-electron chi connectivity index (χ2n) is 7.79. The molecule has 1 aromatic heterocycles. The number of aromatic nitrogens is 1. The highest BCUT2D eigenvalue weighted by Crippen LogP contribution is 2.26. The van der Waals surface area contributed by atoms with Crippen molar-refractivity contribution in [1.82, 2.24) is 14.8 Å². The van der Waals surface area contributed by atoms with Gasteiger partial charge in [0.2, 0.25) is 0 Å². The molecular formula is C20H26ClN3O2S. The quantitative estimate of drug-likeness (QED) is 0.766. The fourth-order valence-corrected chi connectivity index (χ4v) is 4.28. The highest BCUT2D eigenvalue weighted by atomic mass is 35.5. The smallest absolute Gasteiger partial charge is 0.257 e. The van der Waals surface area contributed by atoms with Crippen LogP contribution < -0.4 is 4.74 Å². The molecule has 0 unspecified atom stereocenters. The van der Waals surface area contributed by atoms with Gasteiger partial charge in [-0.3, -0.25) is 9.69 Å². The zero-order chi connectivity index (χ0) is 19.6. The van der Waals surface area contributed by atoms with E-state index in [-0.39, 0.29) is 11.3 Å². The second-order valence-corrected chi connectivity index (χ2v) is 9.17. The second kappa shape index (κ2) is 8.17. The van der Waals surface area contributed by atoms with Gasteiger partial charge in [0.1, 0.15) is 10.8 Å². The first kappa shape index (κ1) is 20.1. The summed E-state index contributed by atoms with van der Waals surface area (Å²) in [4.78, 5) is 21.9. The molecule has 5 nitrogen and oxygen atoms in total. The summed E-state index contributed by atoms with van der Waals surface area (Å²) in [5.74, 6) is 0.530. The lowest BCUT2D eigenvalue weighted by Gasteiger charge is -2.34. The molecule has 0 radical (unpaired) electrons. The number of hydrogen-bond acceptors (Lipinski definition) is 5. The zero-order valence-electron chi connectivity index (χ0n) is 16.3. The van der Waals surface area contributed by atoms with E-state index in [1.165, 1.54) is 0 Å². The van der Waals surface area contributed by atoms with Gasteiger partial charge in [-0.2, -0.15) is 0 Å². The van der Waals surface area contributed by atoms with Gasteiger partial charge in [0, 0.05) is 42.0 Å². The lowest BCUT2D eigenvalue weighted by Crippen LogP contribution is -2.48. The molecule has 0 bridgehead atoms. The van der Waals surface area contributed by atoms with Crippen LogP contribution in [0.4, 0.5) is 0 Å². The van der Waals surface area contributed by atoms with E-state index >= 15 is 0 Å². The molecule has 0 aliphatic carbocycles. The maximum absolute atomic E-state index is 12.9. The molecule has 0 spiro atoms. The Morgan fingerprint density at radius 3 is 2.56 bits per heavy atom. The minimum absolute atomic E-state index is 0.0294. The summed E-state index contributed by atoms with van der Waals surface area (Å²) in [6.07, 6.45) is 0. The summed E-state index contributed by atoms with van der Waals surface area (Å²) in [5, 5.41) is 3.83. The summed E-state index contributed by atoms with van der Waals surface area (Å²) in [7, 11) is 1.57. The van der Waals surface area contributed by atoms with Crippen molar-refractivity contribution < 1.29 is 9.53 Å². The number of hydrogen-bond donors (Lipinski definition) is 0. The Balaban J connectivity index is 1.60. The van der Waals surface area contributed by atoms with Crippen LogP contribution in [0.3, 0.4) is 0 Å². The number of halogens is 1. The van der Waals surface area contributed by atoms with Gasteiger partial charge in [-0.05, 0) is 18.2 Å². The fourth-order valence-electron chi connectivity index (χ4n) is 3.05. The van der Waals surface area contributed by atoms with Crippen molar-refractivity contribution in [3.8, 4) is 5.75 Å². The molecular weight excluding hydrogens is 382 g/mol. The van der Waals surface area contributed by atoms with E-state index < -0.39 is 0 Å². The first-order valence-corrected chi connectivity index (χ1v) is 10.3. The van der Waals surface area contributed by atoms with Crippen molar-refractivity contribution in [1.29, 1.82) is 0 Å². The monoisotopic (exact) mass is 407 g/mol. The number of piperazine rings is 1. The van der Waals surface area contributed by atoms with Crippen molar-refractivity contribution in [3.05, 3.63) is 44.9 Å². The van der Waals surface area contributed by atoms with Gasteiger partial charge >= 0.3 is 0 Å². The van der Waals surface area contributed by atoms with Crippen LogP contribution in [0.2, 0.25) is 5.02 Å². The largest absolute Gasteiger partial charge is 0.496 e. The number of rotatable bonds is 4. The molecule has 7 heteroatoms. The van der Waals surface area contributed by atoms with Gasteiger partial charge in [0.05, 0.1) is 24.9 Å². The van der Waals surface area contributed by atoms with Crippen LogP contribution in [0.5, 0.6) is 5.75 Å². The number of carbonyl (C=O) groups excluding carboxylic acids is 1. The molecule has 2 aromatic rings. The maximum Gasteiger partial charge on any atom is 0.257 e. The van der Waals surface area contributed by atoms with E-state index in [4.69, 9.17) is 21.3 Å². The maximum atomic E-state index is 12.9. The zero-order valence-corrected chi connectivity index (χ0v) is 17.9. The lowest BCUT2D eigenvalue weighted by atomic mass is 9.93. The minimum Gasteiger partial charge on any atom is -0.496 e. The molecule has 1 aromatic carbocycles. The van der Waals surface area contributed by atoms with E-state index in [9.17, 15) is 4.79 Å². The number of methoxy groups -OCH3 is 1. The van der Waals surface area contributed by atoms with Crippen LogP contribution in [-0.2, 0) is 12.0 Å². The summed E-state index contributed by atoms with van der Waals surface area (Å²) >= 11 is 7.78. The third-order valence-corrected chi connectivity index (χ3v) is 5.80. The number of amides is 1. The SMILES string of the molecule is COc1ccc(Cl)cc1C(=O)N1CCN(Cc2nc(C(C)(C)C)cs2)CC1. The van der Waals surface area contributed by atoms with E-state index in [0.29, 0.717) is 29.4 Å². The van der Waals surface area contributed by atoms with Crippen molar-refractivity contribution in [2.24, 2.45) is 0 Å². The van der Waals surface area contributed by atoms with E-state index in [1.54, 1.807) is 36.6 Å². The van der Waals surface area contributed by atoms with Crippen LogP contribution >= 0.6 is 22.9 Å².